The zero-order chi connectivity index (χ0) is 14.2. The Bertz CT molecular complexity index is 639. The van der Waals surface area contributed by atoms with Crippen LogP contribution in [0.25, 0.3) is 11.1 Å². The molecule has 0 fully saturated rings. The fraction of sp³-hybridized carbons (Fsp3) is 0.200. The normalized spacial score (nSPS) is 10.6. The molecule has 0 bridgehead atoms. The van der Waals surface area contributed by atoms with E-state index in [-0.39, 0.29) is 0 Å². The molecular weight excluding hydrogens is 314 g/mol. The number of benzene rings is 2. The van der Waals surface area contributed by atoms with Crippen LogP contribution in [0.1, 0.15) is 11.1 Å². The third kappa shape index (κ3) is 2.63. The van der Waals surface area contributed by atoms with Crippen LogP contribution in [-0.2, 0) is 0 Å². The minimum Gasteiger partial charge on any atom is -0.496 e. The summed E-state index contributed by atoms with van der Waals surface area (Å²) in [5.41, 5.74) is 3.30. The highest BCUT2D eigenvalue weighted by Crippen LogP contribution is 2.38. The molecule has 0 heterocycles. The number of hydrogen-bond donors (Lipinski definition) is 0. The first kappa shape index (κ1) is 14.0. The van der Waals surface area contributed by atoms with Crippen LogP contribution < -0.4 is 4.74 Å². The van der Waals surface area contributed by atoms with Crippen LogP contribution in [0, 0.1) is 25.5 Å². The molecule has 0 aromatic heterocycles. The molecule has 0 atom stereocenters. The lowest BCUT2D eigenvalue weighted by Gasteiger charge is -2.14. The van der Waals surface area contributed by atoms with E-state index in [9.17, 15) is 8.78 Å². The van der Waals surface area contributed by atoms with Crippen LogP contribution in [0.5, 0.6) is 5.75 Å². The van der Waals surface area contributed by atoms with E-state index in [0.29, 0.717) is 15.8 Å². The van der Waals surface area contributed by atoms with Crippen LogP contribution in [0.4, 0.5) is 8.78 Å². The minimum absolute atomic E-state index is 0.495. The lowest BCUT2D eigenvalue weighted by molar-refractivity contribution is 0.413. The quantitative estimate of drug-likeness (QED) is 0.704. The Hall–Kier alpha value is -1.42. The zero-order valence-corrected chi connectivity index (χ0v) is 12.4. The average Bonchev–Trinajstić information content (AvgIpc) is 2.33. The molecule has 0 amide bonds. The van der Waals surface area contributed by atoms with E-state index in [4.69, 9.17) is 4.74 Å². The molecule has 0 saturated carbocycles. The summed E-state index contributed by atoms with van der Waals surface area (Å²) in [6, 6.07) is 6.18. The van der Waals surface area contributed by atoms with Gasteiger partial charge in [0.25, 0.3) is 0 Å². The van der Waals surface area contributed by atoms with Crippen molar-refractivity contribution in [1.29, 1.82) is 0 Å². The van der Waals surface area contributed by atoms with Gasteiger partial charge in [-0.2, -0.15) is 0 Å². The Labute approximate surface area is 119 Å². The van der Waals surface area contributed by atoms with E-state index in [1.807, 2.05) is 26.0 Å². The van der Waals surface area contributed by atoms with Crippen molar-refractivity contribution >= 4 is 15.9 Å². The van der Waals surface area contributed by atoms with Gasteiger partial charge in [0.2, 0.25) is 0 Å². The third-order valence-corrected chi connectivity index (χ3v) is 3.58. The molecule has 2 aromatic carbocycles. The van der Waals surface area contributed by atoms with Crippen molar-refractivity contribution in [2.24, 2.45) is 0 Å². The maximum atomic E-state index is 13.4. The van der Waals surface area contributed by atoms with E-state index in [2.05, 4.69) is 15.9 Å². The molecular formula is C15H13BrF2O. The summed E-state index contributed by atoms with van der Waals surface area (Å²) in [7, 11) is 1.56. The zero-order valence-electron chi connectivity index (χ0n) is 10.9. The van der Waals surface area contributed by atoms with E-state index >= 15 is 0 Å². The van der Waals surface area contributed by atoms with Gasteiger partial charge in [0.1, 0.15) is 5.75 Å². The lowest BCUT2D eigenvalue weighted by Crippen LogP contribution is -1.95. The highest BCUT2D eigenvalue weighted by Gasteiger charge is 2.15. The largest absolute Gasteiger partial charge is 0.496 e. The number of ether oxygens (including phenoxy) is 1. The van der Waals surface area contributed by atoms with Crippen molar-refractivity contribution in [1.82, 2.24) is 0 Å². The highest BCUT2D eigenvalue weighted by molar-refractivity contribution is 9.10. The summed E-state index contributed by atoms with van der Waals surface area (Å²) in [6.07, 6.45) is 0. The Morgan fingerprint density at radius 3 is 2.21 bits per heavy atom. The van der Waals surface area contributed by atoms with E-state index in [1.165, 1.54) is 6.07 Å². The summed E-state index contributed by atoms with van der Waals surface area (Å²) in [4.78, 5) is 0. The molecule has 19 heavy (non-hydrogen) atoms. The second-order valence-electron chi connectivity index (χ2n) is 4.41. The van der Waals surface area contributed by atoms with Crippen molar-refractivity contribution in [2.75, 3.05) is 7.11 Å². The molecule has 0 unspecified atom stereocenters. The van der Waals surface area contributed by atoms with E-state index < -0.39 is 11.6 Å². The molecule has 0 spiro atoms. The predicted octanol–water partition coefficient (Wildman–Crippen LogP) is 5.02. The summed E-state index contributed by atoms with van der Waals surface area (Å²) in [5, 5.41) is 0. The summed E-state index contributed by atoms with van der Waals surface area (Å²) < 4.78 is 32.5. The fourth-order valence-corrected chi connectivity index (χ4v) is 2.68. The Morgan fingerprint density at radius 2 is 1.58 bits per heavy atom. The van der Waals surface area contributed by atoms with Crippen LogP contribution in [0.15, 0.2) is 28.7 Å². The molecule has 100 valence electrons. The van der Waals surface area contributed by atoms with Gasteiger partial charge in [-0.25, -0.2) is 8.78 Å². The van der Waals surface area contributed by atoms with Crippen LogP contribution in [-0.4, -0.2) is 7.11 Å². The smallest absolute Gasteiger partial charge is 0.159 e. The molecule has 4 heteroatoms. The number of aryl methyl sites for hydroxylation is 2. The van der Waals surface area contributed by atoms with Crippen molar-refractivity contribution in [2.45, 2.75) is 13.8 Å². The Morgan fingerprint density at radius 1 is 0.947 bits per heavy atom. The van der Waals surface area contributed by atoms with Gasteiger partial charge in [-0.05, 0) is 43.2 Å². The number of halogens is 3. The first-order chi connectivity index (χ1) is 8.93. The van der Waals surface area contributed by atoms with Gasteiger partial charge in [0, 0.05) is 15.6 Å². The van der Waals surface area contributed by atoms with Gasteiger partial charge in [0.15, 0.2) is 11.6 Å². The molecule has 0 aliphatic carbocycles. The van der Waals surface area contributed by atoms with Crippen molar-refractivity contribution in [3.63, 3.8) is 0 Å². The highest BCUT2D eigenvalue weighted by atomic mass is 79.9. The maximum Gasteiger partial charge on any atom is 0.159 e. The predicted molar refractivity (Wildman–Crippen MR) is 75.5 cm³/mol. The number of rotatable bonds is 2. The first-order valence-corrected chi connectivity index (χ1v) is 6.53. The summed E-state index contributed by atoms with van der Waals surface area (Å²) >= 11 is 3.27. The van der Waals surface area contributed by atoms with Gasteiger partial charge >= 0.3 is 0 Å². The molecule has 0 aliphatic rings. The van der Waals surface area contributed by atoms with Crippen molar-refractivity contribution in [3.05, 3.63) is 51.5 Å². The maximum absolute atomic E-state index is 13.4. The lowest BCUT2D eigenvalue weighted by atomic mass is 9.99. The second kappa shape index (κ2) is 5.29. The van der Waals surface area contributed by atoms with Crippen LogP contribution in [0.3, 0.4) is 0 Å². The average molecular weight is 327 g/mol. The summed E-state index contributed by atoms with van der Waals surface area (Å²) in [5.74, 6) is -1.09. The van der Waals surface area contributed by atoms with E-state index in [0.717, 1.165) is 22.8 Å². The second-order valence-corrected chi connectivity index (χ2v) is 5.26. The fourth-order valence-electron chi connectivity index (χ4n) is 2.15. The SMILES string of the molecule is COc1c(C)cc(C)cc1-c1cc(F)c(F)cc1Br. The van der Waals surface area contributed by atoms with E-state index in [1.54, 1.807) is 7.11 Å². The Kier molecular flexibility index (Phi) is 3.90. The molecule has 0 aliphatic heterocycles. The first-order valence-electron chi connectivity index (χ1n) is 5.74. The third-order valence-electron chi connectivity index (χ3n) is 2.92. The number of methoxy groups -OCH3 is 1. The van der Waals surface area contributed by atoms with Gasteiger partial charge < -0.3 is 4.74 Å². The van der Waals surface area contributed by atoms with Gasteiger partial charge in [-0.3, -0.25) is 0 Å². The van der Waals surface area contributed by atoms with Gasteiger partial charge in [0.05, 0.1) is 7.11 Å². The summed E-state index contributed by atoms with van der Waals surface area (Å²) in [6.45, 7) is 3.87. The minimum atomic E-state index is -0.876. The standard InChI is InChI=1S/C15H13BrF2O/c1-8-4-9(2)15(19-3)11(5-8)10-6-13(17)14(18)7-12(10)16/h4-7H,1-3H3. The molecule has 0 saturated heterocycles. The van der Waals surface area contributed by atoms with Gasteiger partial charge in [-0.15, -0.1) is 0 Å². The van der Waals surface area contributed by atoms with Gasteiger partial charge in [-0.1, -0.05) is 22.0 Å². The van der Waals surface area contributed by atoms with Crippen molar-refractivity contribution in [3.8, 4) is 16.9 Å². The molecule has 2 rings (SSSR count). The molecule has 0 N–H and O–H groups in total. The molecule has 2 aromatic rings. The Balaban J connectivity index is 2.75. The van der Waals surface area contributed by atoms with Crippen LogP contribution >= 0.6 is 15.9 Å². The van der Waals surface area contributed by atoms with Crippen LogP contribution in [0.2, 0.25) is 0 Å². The topological polar surface area (TPSA) is 9.23 Å². The monoisotopic (exact) mass is 326 g/mol. The molecule has 1 nitrogen and oxygen atoms in total. The number of hydrogen-bond acceptors (Lipinski definition) is 1. The van der Waals surface area contributed by atoms with Crippen molar-refractivity contribution < 1.29 is 13.5 Å². The molecule has 0 radical (unpaired) electrons.